The van der Waals surface area contributed by atoms with Gasteiger partial charge in [-0.2, -0.15) is 14.8 Å². The number of likely N-dealkylation sites (tertiary alicyclic amines) is 2. The van der Waals surface area contributed by atoms with Crippen LogP contribution < -0.4 is 5.32 Å². The first-order chi connectivity index (χ1) is 16.1. The third-order valence-electron chi connectivity index (χ3n) is 6.94. The lowest BCUT2D eigenvalue weighted by atomic mass is 9.96. The molecule has 2 aliphatic rings. The highest BCUT2D eigenvalue weighted by Crippen LogP contribution is 2.30. The van der Waals surface area contributed by atoms with Crippen LogP contribution in [0.15, 0.2) is 22.7 Å². The average molecular weight is 456 g/mol. The van der Waals surface area contributed by atoms with Crippen molar-refractivity contribution in [2.45, 2.75) is 51.0 Å². The Hall–Kier alpha value is -3.01. The first kappa shape index (κ1) is 21.8. The number of para-hydroxylation sites is 1. The summed E-state index contributed by atoms with van der Waals surface area (Å²) in [6, 6.07) is 5.27. The molecule has 2 saturated heterocycles. The van der Waals surface area contributed by atoms with Crippen LogP contribution in [0.1, 0.15) is 50.1 Å². The fourth-order valence-corrected chi connectivity index (χ4v) is 5.17. The van der Waals surface area contributed by atoms with Crippen LogP contribution in [-0.4, -0.2) is 75.0 Å². The molecule has 176 valence electrons. The number of nitrogens with one attached hydrogen (secondary N) is 1. The summed E-state index contributed by atoms with van der Waals surface area (Å²) in [6.45, 7) is 5.55. The van der Waals surface area contributed by atoms with Gasteiger partial charge >= 0.3 is 6.03 Å². The molecule has 2 fully saturated rings. The number of carbonyl (C=O) groups is 1. The summed E-state index contributed by atoms with van der Waals surface area (Å²) < 4.78 is 21.6. The van der Waals surface area contributed by atoms with Crippen molar-refractivity contribution in [2.75, 3.05) is 33.2 Å². The number of carbonyl (C=O) groups excluding carboxylic acids is 1. The zero-order valence-corrected chi connectivity index (χ0v) is 19.1. The Morgan fingerprint density at radius 3 is 2.82 bits per heavy atom. The molecule has 1 atom stereocenters. The van der Waals surface area contributed by atoms with Gasteiger partial charge in [0.05, 0.1) is 5.69 Å². The van der Waals surface area contributed by atoms with Gasteiger partial charge in [-0.1, -0.05) is 19.1 Å². The molecular formula is C23H30FN7O2. The van der Waals surface area contributed by atoms with Crippen molar-refractivity contribution < 1.29 is 13.7 Å². The highest BCUT2D eigenvalue weighted by Gasteiger charge is 2.32. The molecule has 2 aliphatic heterocycles. The second kappa shape index (κ2) is 9.09. The van der Waals surface area contributed by atoms with E-state index in [-0.39, 0.29) is 29.8 Å². The number of hydrogen-bond donors (Lipinski definition) is 1. The van der Waals surface area contributed by atoms with Crippen molar-refractivity contribution >= 4 is 16.9 Å². The maximum absolute atomic E-state index is 14.6. The minimum atomic E-state index is -0.350. The van der Waals surface area contributed by atoms with Gasteiger partial charge in [0, 0.05) is 37.5 Å². The summed E-state index contributed by atoms with van der Waals surface area (Å²) in [7, 11) is 1.69. The van der Waals surface area contributed by atoms with Gasteiger partial charge < -0.3 is 19.6 Å². The van der Waals surface area contributed by atoms with Crippen molar-refractivity contribution in [2.24, 2.45) is 0 Å². The first-order valence-corrected chi connectivity index (χ1v) is 11.8. The molecule has 2 amide bonds. The van der Waals surface area contributed by atoms with Crippen LogP contribution in [0.3, 0.4) is 0 Å². The van der Waals surface area contributed by atoms with E-state index in [0.717, 1.165) is 62.9 Å². The Bertz CT molecular complexity index is 1140. The molecule has 33 heavy (non-hydrogen) atoms. The van der Waals surface area contributed by atoms with Crippen LogP contribution in [-0.2, 0) is 6.42 Å². The molecule has 0 spiro atoms. The van der Waals surface area contributed by atoms with Crippen LogP contribution in [0.5, 0.6) is 0 Å². The predicted molar refractivity (Wildman–Crippen MR) is 121 cm³/mol. The summed E-state index contributed by atoms with van der Waals surface area (Å²) in [5.74, 6) is 0.667. The number of fused-ring (bicyclic) bond motifs is 1. The Balaban J connectivity index is 1.26. The molecule has 9 nitrogen and oxygen atoms in total. The van der Waals surface area contributed by atoms with Crippen LogP contribution in [0.4, 0.5) is 9.18 Å². The zero-order valence-electron chi connectivity index (χ0n) is 19.1. The summed E-state index contributed by atoms with van der Waals surface area (Å²) in [4.78, 5) is 21.1. The fourth-order valence-electron chi connectivity index (χ4n) is 5.17. The minimum absolute atomic E-state index is 0.0135. The van der Waals surface area contributed by atoms with Crippen molar-refractivity contribution in [1.82, 2.24) is 35.0 Å². The summed E-state index contributed by atoms with van der Waals surface area (Å²) >= 11 is 0. The molecule has 3 aromatic rings. The molecule has 0 aliphatic carbocycles. The maximum atomic E-state index is 14.6. The van der Waals surface area contributed by atoms with Gasteiger partial charge in [-0.3, -0.25) is 0 Å². The summed E-state index contributed by atoms with van der Waals surface area (Å²) in [6.07, 6.45) is 4.61. The maximum Gasteiger partial charge on any atom is 0.317 e. The number of rotatable bonds is 5. The van der Waals surface area contributed by atoms with Gasteiger partial charge in [0.1, 0.15) is 11.3 Å². The van der Waals surface area contributed by atoms with E-state index in [1.165, 1.54) is 10.7 Å². The van der Waals surface area contributed by atoms with E-state index in [9.17, 15) is 9.18 Å². The van der Waals surface area contributed by atoms with Gasteiger partial charge in [-0.05, 0) is 56.4 Å². The van der Waals surface area contributed by atoms with E-state index in [0.29, 0.717) is 17.8 Å². The van der Waals surface area contributed by atoms with Crippen LogP contribution >= 0.6 is 0 Å². The highest BCUT2D eigenvalue weighted by molar-refractivity contribution is 5.83. The van der Waals surface area contributed by atoms with E-state index < -0.39 is 0 Å². The standard InChI is InChI=1S/C23H30FN7O2/c1-3-19-17-7-4-8-18(24)20(17)31(27-19)22-26-21(33-28-22)15-9-12-29(13-10-15)14-16-6-5-11-30(16)23(32)25-2/h4,7-8,15-16H,3,5-6,9-14H2,1-2H3,(H,25,32). The molecular weight excluding hydrogens is 425 g/mol. The van der Waals surface area contributed by atoms with Crippen LogP contribution in [0.25, 0.3) is 16.9 Å². The number of amides is 2. The van der Waals surface area contributed by atoms with E-state index in [2.05, 4.69) is 25.5 Å². The zero-order chi connectivity index (χ0) is 22.9. The first-order valence-electron chi connectivity index (χ1n) is 11.8. The Kier molecular flexibility index (Phi) is 6.01. The molecule has 10 heteroatoms. The normalized spacial score (nSPS) is 20.1. The van der Waals surface area contributed by atoms with Gasteiger partial charge in [0.25, 0.3) is 5.95 Å². The van der Waals surface area contributed by atoms with E-state index in [1.807, 2.05) is 17.9 Å². The lowest BCUT2D eigenvalue weighted by Gasteiger charge is -2.34. The number of aryl methyl sites for hydroxylation is 1. The molecule has 0 bridgehead atoms. The van der Waals surface area contributed by atoms with Crippen LogP contribution in [0.2, 0.25) is 0 Å². The number of halogens is 1. The highest BCUT2D eigenvalue weighted by atomic mass is 19.1. The van der Waals surface area contributed by atoms with Crippen molar-refractivity contribution in [1.29, 1.82) is 0 Å². The molecule has 1 aromatic carbocycles. The topological polar surface area (TPSA) is 92.3 Å². The quantitative estimate of drug-likeness (QED) is 0.636. The number of aromatic nitrogens is 4. The second-order valence-electron chi connectivity index (χ2n) is 8.90. The Labute approximate surface area is 191 Å². The van der Waals surface area contributed by atoms with Crippen molar-refractivity contribution in [3.8, 4) is 5.95 Å². The number of urea groups is 1. The smallest absolute Gasteiger partial charge is 0.317 e. The van der Waals surface area contributed by atoms with Gasteiger partial charge in [-0.25, -0.2) is 9.18 Å². The molecule has 5 rings (SSSR count). The largest absolute Gasteiger partial charge is 0.341 e. The number of hydrogen-bond acceptors (Lipinski definition) is 6. The molecule has 0 saturated carbocycles. The van der Waals surface area contributed by atoms with Crippen molar-refractivity contribution in [3.63, 3.8) is 0 Å². The Morgan fingerprint density at radius 1 is 1.24 bits per heavy atom. The molecule has 0 radical (unpaired) electrons. The Morgan fingerprint density at radius 2 is 2.06 bits per heavy atom. The number of nitrogens with zero attached hydrogens (tertiary/aromatic N) is 6. The summed E-state index contributed by atoms with van der Waals surface area (Å²) in [5, 5.41) is 12.2. The molecule has 4 heterocycles. The molecule has 1 unspecified atom stereocenters. The van der Waals surface area contributed by atoms with Gasteiger partial charge in [-0.15, -0.1) is 0 Å². The van der Waals surface area contributed by atoms with Gasteiger partial charge in [0.2, 0.25) is 5.89 Å². The van der Waals surface area contributed by atoms with E-state index in [4.69, 9.17) is 4.52 Å². The third kappa shape index (κ3) is 4.07. The lowest BCUT2D eigenvalue weighted by Crippen LogP contribution is -2.47. The van der Waals surface area contributed by atoms with Crippen molar-refractivity contribution in [3.05, 3.63) is 35.6 Å². The number of benzene rings is 1. The monoisotopic (exact) mass is 455 g/mol. The lowest BCUT2D eigenvalue weighted by molar-refractivity contribution is 0.144. The van der Waals surface area contributed by atoms with Crippen LogP contribution in [0, 0.1) is 5.82 Å². The number of piperidine rings is 1. The minimum Gasteiger partial charge on any atom is -0.341 e. The van der Waals surface area contributed by atoms with Gasteiger partial charge in [0.15, 0.2) is 0 Å². The molecule has 1 N–H and O–H groups in total. The SMILES string of the molecule is CCc1nn(-c2noc(C3CCN(CC4CCCN4C(=O)NC)CC3)n2)c2c(F)cccc12. The van der Waals surface area contributed by atoms with E-state index >= 15 is 0 Å². The third-order valence-corrected chi connectivity index (χ3v) is 6.94. The fraction of sp³-hybridized carbons (Fsp3) is 0.565. The second-order valence-corrected chi connectivity index (χ2v) is 8.90. The average Bonchev–Trinajstić information content (AvgIpc) is 3.58. The van der Waals surface area contributed by atoms with E-state index in [1.54, 1.807) is 13.1 Å². The summed E-state index contributed by atoms with van der Waals surface area (Å²) in [5.41, 5.74) is 1.19. The predicted octanol–water partition coefficient (Wildman–Crippen LogP) is 3.09. The molecule has 2 aromatic heterocycles.